The summed E-state index contributed by atoms with van der Waals surface area (Å²) in [6, 6.07) is 23.7. The molecule has 0 spiro atoms. The molecule has 1 aromatic heterocycles. The van der Waals surface area contributed by atoms with E-state index in [2.05, 4.69) is 5.32 Å². The van der Waals surface area contributed by atoms with Crippen molar-refractivity contribution >= 4 is 44.1 Å². The Hall–Kier alpha value is -4.95. The third kappa shape index (κ3) is 6.39. The summed E-state index contributed by atoms with van der Waals surface area (Å²) in [5.41, 5.74) is -5.16. The fraction of sp³-hybridized carbons (Fsp3) is 0.400. The minimum absolute atomic E-state index is 0.0433. The Kier molecular flexibility index (Phi) is 10.3. The predicted octanol–water partition coefficient (Wildman–Crippen LogP) is 3.78. The molecule has 308 valence electrons. The molecule has 2 heterocycles. The third-order valence-electron chi connectivity index (χ3n) is 12.9. The third-order valence-corrected chi connectivity index (χ3v) is 15.0. The van der Waals surface area contributed by atoms with Crippen LogP contribution in [0, 0.1) is 11.3 Å². The number of hydrogen-bond acceptors (Lipinski definition) is 12. The second-order valence-electron chi connectivity index (χ2n) is 16.6. The molecule has 1 aliphatic heterocycles. The fourth-order valence-corrected chi connectivity index (χ4v) is 12.6. The van der Waals surface area contributed by atoms with Crippen LogP contribution in [0.1, 0.15) is 99.3 Å². The van der Waals surface area contributed by atoms with E-state index in [4.69, 9.17) is 18.9 Å². The number of rotatable bonds is 10. The molecule has 1 saturated carbocycles. The van der Waals surface area contributed by atoms with E-state index in [-0.39, 0.29) is 25.0 Å². The summed E-state index contributed by atoms with van der Waals surface area (Å²) in [5.74, 6) is -4.81. The summed E-state index contributed by atoms with van der Waals surface area (Å²) in [4.78, 5) is 71.9. The first kappa shape index (κ1) is 40.8. The normalized spacial score (nSPS) is 30.2. The van der Waals surface area contributed by atoms with Gasteiger partial charge in [0.15, 0.2) is 0 Å². The topological polar surface area (TPSA) is 195 Å². The van der Waals surface area contributed by atoms with E-state index in [0.29, 0.717) is 26.7 Å². The monoisotopic (exact) mass is 871 g/mol. The Labute approximate surface area is 346 Å². The maximum absolute atomic E-state index is 15.3. The molecule has 8 rings (SSSR count). The number of Topliss-reactive ketones (excluding diaryl/α,β-unsaturated/α-hetero) is 1. The average Bonchev–Trinajstić information content (AvgIpc) is 3.78. The molecular formula is C45H45NO12Se. The zero-order valence-corrected chi connectivity index (χ0v) is 34.5. The van der Waals surface area contributed by atoms with Crippen LogP contribution >= 0.6 is 0 Å². The number of hydrogen-bond donors (Lipinski definition) is 4. The van der Waals surface area contributed by atoms with Gasteiger partial charge in [-0.1, -0.05) is 6.07 Å². The molecule has 13 nitrogen and oxygen atoms in total. The number of ether oxygens (including phenoxy) is 4. The van der Waals surface area contributed by atoms with Gasteiger partial charge in [-0.05, 0) is 0 Å². The first-order valence-electron chi connectivity index (χ1n) is 19.5. The van der Waals surface area contributed by atoms with Gasteiger partial charge in [0.1, 0.15) is 0 Å². The van der Waals surface area contributed by atoms with Crippen LogP contribution in [0.2, 0.25) is 0 Å². The van der Waals surface area contributed by atoms with E-state index in [1.165, 1.54) is 20.8 Å². The Balaban J connectivity index is 1.25. The molecular weight excluding hydrogens is 825 g/mol. The molecule has 3 unspecified atom stereocenters. The molecule has 4 aliphatic rings. The van der Waals surface area contributed by atoms with Crippen molar-refractivity contribution in [3.63, 3.8) is 0 Å². The number of ketones is 1. The van der Waals surface area contributed by atoms with Crippen LogP contribution < -0.4 is 5.32 Å². The zero-order valence-electron chi connectivity index (χ0n) is 32.8. The summed E-state index contributed by atoms with van der Waals surface area (Å²) in [7, 11) is 0. The van der Waals surface area contributed by atoms with Gasteiger partial charge < -0.3 is 0 Å². The van der Waals surface area contributed by atoms with Gasteiger partial charge in [0, 0.05) is 0 Å². The molecule has 3 aliphatic carbocycles. The number of carbonyl (C=O) groups is 5. The van der Waals surface area contributed by atoms with Crippen molar-refractivity contribution in [2.45, 2.75) is 93.7 Å². The van der Waals surface area contributed by atoms with Crippen molar-refractivity contribution in [2.24, 2.45) is 11.3 Å². The molecule has 14 heteroatoms. The quantitative estimate of drug-likeness (QED) is 0.103. The molecule has 0 radical (unpaired) electrons. The Morgan fingerprint density at radius 2 is 1.54 bits per heavy atom. The first-order chi connectivity index (χ1) is 28.0. The number of aliphatic hydroxyl groups is 3. The number of amides is 1. The minimum atomic E-state index is -1.92. The van der Waals surface area contributed by atoms with Gasteiger partial charge in [0.25, 0.3) is 0 Å². The molecule has 2 fully saturated rings. The van der Waals surface area contributed by atoms with Crippen molar-refractivity contribution in [1.29, 1.82) is 0 Å². The summed E-state index contributed by atoms with van der Waals surface area (Å²) in [6.45, 7) is 5.69. The van der Waals surface area contributed by atoms with Gasteiger partial charge in [-0.3, -0.25) is 0 Å². The standard InChI is InChI=1S/C45H45NO12Se/c1-24(47)58-45-23-55-31(45)20-30(48)43(4)36(45)38(57-40(52)27-18-12-7-13-19-27)44(42(2,3)54)21-29(28-22-59-35(32(28)44)37(43)50)56-41(53)34(49)33(25-14-8-5-9-15-25)46-39(51)26-16-10-6-11-17-26/h5-19,22,29-31,33-34,36,38,48-49,54H,20-21,23H2,1-4H3,(H,46,51)/t29-,30-,31?,33-,34+,36?,38?,43+,44-,45-/m0/s1. The van der Waals surface area contributed by atoms with E-state index in [9.17, 15) is 34.5 Å². The summed E-state index contributed by atoms with van der Waals surface area (Å²) >= 11 is -0.717. The van der Waals surface area contributed by atoms with Crippen molar-refractivity contribution < 1.29 is 58.2 Å². The van der Waals surface area contributed by atoms with Gasteiger partial charge in [-0.25, -0.2) is 0 Å². The van der Waals surface area contributed by atoms with Crippen LogP contribution in [0.5, 0.6) is 0 Å². The Morgan fingerprint density at radius 3 is 2.12 bits per heavy atom. The molecule has 1 amide bonds. The van der Waals surface area contributed by atoms with Crippen molar-refractivity contribution in [3.05, 3.63) is 128 Å². The van der Waals surface area contributed by atoms with Gasteiger partial charge >= 0.3 is 341 Å². The summed E-state index contributed by atoms with van der Waals surface area (Å²) < 4.78 is 25.2. The molecule has 1 saturated heterocycles. The van der Waals surface area contributed by atoms with Gasteiger partial charge in [-0.15, -0.1) is 0 Å². The summed E-state index contributed by atoms with van der Waals surface area (Å²) in [6.07, 6.45) is -7.05. The molecule has 0 bridgehead atoms. The second-order valence-corrected chi connectivity index (χ2v) is 18.5. The summed E-state index contributed by atoms with van der Waals surface area (Å²) in [5, 5.41) is 39.1. The SMILES string of the molecule is CC(=O)O[C@@]12COC1C[C@H](O)[C@@]1(C)C(=O)c3[se]cc4c3[C@@](C(C)(C)O)(C[C@@H]4OC(=O)[C@H](O)[C@@H](NC(=O)c3ccccc3)c3ccccc3)C(OC(=O)c3ccccc3)C21. The van der Waals surface area contributed by atoms with Crippen LogP contribution in [0.15, 0.2) is 95.9 Å². The van der Waals surface area contributed by atoms with Crippen molar-refractivity contribution in [3.8, 4) is 0 Å². The predicted molar refractivity (Wildman–Crippen MR) is 210 cm³/mol. The van der Waals surface area contributed by atoms with Crippen molar-refractivity contribution in [2.75, 3.05) is 6.61 Å². The maximum atomic E-state index is 15.3. The van der Waals surface area contributed by atoms with E-state index in [0.717, 1.165) is 0 Å². The van der Waals surface area contributed by atoms with Crippen LogP contribution in [0.3, 0.4) is 0 Å². The number of benzene rings is 3. The second kappa shape index (κ2) is 14.9. The number of aliphatic hydroxyl groups excluding tert-OH is 2. The number of fused-ring (bicyclic) bond motifs is 3. The van der Waals surface area contributed by atoms with Crippen molar-refractivity contribution in [1.82, 2.24) is 5.32 Å². The van der Waals surface area contributed by atoms with Gasteiger partial charge in [-0.2, -0.15) is 0 Å². The van der Waals surface area contributed by atoms with Crippen LogP contribution in [-0.4, -0.2) is 102 Å². The first-order valence-corrected chi connectivity index (χ1v) is 21.3. The number of carbonyl (C=O) groups excluding carboxylic acids is 5. The molecule has 59 heavy (non-hydrogen) atoms. The average molecular weight is 871 g/mol. The Morgan fingerprint density at radius 1 is 0.932 bits per heavy atom. The van der Waals surface area contributed by atoms with E-state index < -0.39 is 109 Å². The van der Waals surface area contributed by atoms with Crippen LogP contribution in [0.25, 0.3) is 0 Å². The van der Waals surface area contributed by atoms with E-state index >= 15 is 4.79 Å². The number of nitrogens with one attached hydrogen (secondary N) is 1. The van der Waals surface area contributed by atoms with Gasteiger partial charge in [0.2, 0.25) is 0 Å². The Bertz CT molecular complexity index is 2290. The number of esters is 3. The van der Waals surface area contributed by atoms with E-state index in [1.807, 2.05) is 0 Å². The van der Waals surface area contributed by atoms with E-state index in [1.54, 1.807) is 103 Å². The molecule has 4 N–H and O–H groups in total. The fourth-order valence-electron chi connectivity index (χ4n) is 10.0. The zero-order chi connectivity index (χ0) is 42.1. The van der Waals surface area contributed by atoms with Crippen LogP contribution in [-0.2, 0) is 34.0 Å². The molecule has 3 aromatic carbocycles. The van der Waals surface area contributed by atoms with Crippen LogP contribution in [0.4, 0.5) is 0 Å². The molecule has 10 atom stereocenters. The molecule has 4 aromatic rings. The van der Waals surface area contributed by atoms with Gasteiger partial charge in [0.05, 0.1) is 0 Å².